The quantitative estimate of drug-likeness (QED) is 0.884. The van der Waals surface area contributed by atoms with Gasteiger partial charge in [0, 0.05) is 22.7 Å². The van der Waals surface area contributed by atoms with Crippen LogP contribution in [0.3, 0.4) is 0 Å². The highest BCUT2D eigenvalue weighted by molar-refractivity contribution is 6.35. The van der Waals surface area contributed by atoms with Crippen molar-refractivity contribution in [2.45, 2.75) is 50.7 Å². The molecule has 2 N–H and O–H groups in total. The molecule has 0 saturated heterocycles. The third-order valence-corrected chi connectivity index (χ3v) is 4.60. The second kappa shape index (κ2) is 6.45. The highest BCUT2D eigenvalue weighted by Gasteiger charge is 2.40. The maximum absolute atomic E-state index is 6.42. The second-order valence-corrected chi connectivity index (χ2v) is 6.09. The minimum absolute atomic E-state index is 0.0198. The minimum Gasteiger partial charge on any atom is -0.374 e. The predicted molar refractivity (Wildman–Crippen MR) is 81.0 cm³/mol. The van der Waals surface area contributed by atoms with Gasteiger partial charge in [0.15, 0.2) is 0 Å². The van der Waals surface area contributed by atoms with Crippen LogP contribution in [0.2, 0.25) is 10.0 Å². The molecule has 1 aromatic rings. The molecule has 1 atom stereocenters. The zero-order chi connectivity index (χ0) is 13.9. The van der Waals surface area contributed by atoms with E-state index in [0.29, 0.717) is 16.7 Å². The highest BCUT2D eigenvalue weighted by Crippen LogP contribution is 2.37. The number of hydrogen-bond donors (Lipinski definition) is 1. The zero-order valence-corrected chi connectivity index (χ0v) is 12.8. The fourth-order valence-electron chi connectivity index (χ4n) is 2.99. The summed E-state index contributed by atoms with van der Waals surface area (Å²) in [5.74, 6) is 0. The van der Waals surface area contributed by atoms with Crippen molar-refractivity contribution in [3.63, 3.8) is 0 Å². The van der Waals surface area contributed by atoms with Crippen molar-refractivity contribution in [3.05, 3.63) is 33.8 Å². The Kier molecular flexibility index (Phi) is 5.13. The van der Waals surface area contributed by atoms with Gasteiger partial charge in [-0.05, 0) is 43.9 Å². The van der Waals surface area contributed by atoms with E-state index in [9.17, 15) is 0 Å². The number of benzene rings is 1. The largest absolute Gasteiger partial charge is 0.374 e. The van der Waals surface area contributed by atoms with Gasteiger partial charge < -0.3 is 10.5 Å². The Morgan fingerprint density at radius 3 is 2.58 bits per heavy atom. The lowest BCUT2D eigenvalue weighted by Crippen LogP contribution is -2.49. The summed E-state index contributed by atoms with van der Waals surface area (Å²) < 4.78 is 5.99. The molecule has 2 rings (SSSR count). The molecule has 0 radical (unpaired) electrons. The Morgan fingerprint density at radius 1 is 1.32 bits per heavy atom. The molecule has 0 bridgehead atoms. The number of nitrogens with two attached hydrogens (primary N) is 1. The van der Waals surface area contributed by atoms with Gasteiger partial charge in [0.25, 0.3) is 0 Å². The summed E-state index contributed by atoms with van der Waals surface area (Å²) in [6, 6.07) is 5.57. The standard InChI is InChI=1S/C15H21Cl2NO/c1-2-19-15(7-3-4-8-15)14(18)9-11-5-6-12(16)10-13(11)17/h5-6,10,14H,2-4,7-9,18H2,1H3. The Hall–Kier alpha value is -0.280. The zero-order valence-electron chi connectivity index (χ0n) is 11.3. The van der Waals surface area contributed by atoms with Crippen LogP contribution >= 0.6 is 23.2 Å². The lowest BCUT2D eigenvalue weighted by atomic mass is 9.88. The van der Waals surface area contributed by atoms with Crippen LogP contribution in [0.15, 0.2) is 18.2 Å². The predicted octanol–water partition coefficient (Wildman–Crippen LogP) is 4.21. The summed E-state index contributed by atoms with van der Waals surface area (Å²) in [6.07, 6.45) is 5.22. The van der Waals surface area contributed by atoms with Gasteiger partial charge in [0.2, 0.25) is 0 Å². The third-order valence-electron chi connectivity index (χ3n) is 4.01. The van der Waals surface area contributed by atoms with Crippen LogP contribution in [0, 0.1) is 0 Å². The highest BCUT2D eigenvalue weighted by atomic mass is 35.5. The monoisotopic (exact) mass is 301 g/mol. The van der Waals surface area contributed by atoms with Crippen LogP contribution in [0.5, 0.6) is 0 Å². The topological polar surface area (TPSA) is 35.2 Å². The van der Waals surface area contributed by atoms with E-state index >= 15 is 0 Å². The van der Waals surface area contributed by atoms with Gasteiger partial charge in [-0.2, -0.15) is 0 Å². The van der Waals surface area contributed by atoms with E-state index in [1.54, 1.807) is 6.07 Å². The summed E-state index contributed by atoms with van der Waals surface area (Å²) in [7, 11) is 0. The molecule has 1 aliphatic carbocycles. The van der Waals surface area contributed by atoms with Crippen LogP contribution in [0.4, 0.5) is 0 Å². The van der Waals surface area contributed by atoms with Gasteiger partial charge in [-0.1, -0.05) is 42.1 Å². The number of ether oxygens (including phenoxy) is 1. The maximum atomic E-state index is 6.42. The molecule has 19 heavy (non-hydrogen) atoms. The molecule has 1 fully saturated rings. The first-order valence-corrected chi connectivity index (χ1v) is 7.66. The average molecular weight is 302 g/mol. The average Bonchev–Trinajstić information content (AvgIpc) is 2.83. The van der Waals surface area contributed by atoms with E-state index in [1.807, 2.05) is 19.1 Å². The molecule has 2 nitrogen and oxygen atoms in total. The van der Waals surface area contributed by atoms with Crippen molar-refractivity contribution < 1.29 is 4.74 Å². The van der Waals surface area contributed by atoms with Crippen LogP contribution < -0.4 is 5.73 Å². The minimum atomic E-state index is -0.169. The van der Waals surface area contributed by atoms with Gasteiger partial charge >= 0.3 is 0 Å². The van der Waals surface area contributed by atoms with Crippen molar-refractivity contribution in [1.82, 2.24) is 0 Å². The van der Waals surface area contributed by atoms with E-state index < -0.39 is 0 Å². The summed E-state index contributed by atoms with van der Waals surface area (Å²) in [5, 5.41) is 1.34. The van der Waals surface area contributed by atoms with Gasteiger partial charge in [-0.25, -0.2) is 0 Å². The molecular formula is C15H21Cl2NO. The molecular weight excluding hydrogens is 281 g/mol. The maximum Gasteiger partial charge on any atom is 0.0835 e. The van der Waals surface area contributed by atoms with Crippen molar-refractivity contribution in [3.8, 4) is 0 Å². The van der Waals surface area contributed by atoms with E-state index in [1.165, 1.54) is 12.8 Å². The first-order valence-electron chi connectivity index (χ1n) is 6.91. The first kappa shape index (κ1) is 15.1. The van der Waals surface area contributed by atoms with Crippen molar-refractivity contribution in [2.24, 2.45) is 5.73 Å². The van der Waals surface area contributed by atoms with Crippen LogP contribution in [-0.2, 0) is 11.2 Å². The third kappa shape index (κ3) is 3.43. The van der Waals surface area contributed by atoms with Crippen LogP contribution in [0.25, 0.3) is 0 Å². The van der Waals surface area contributed by atoms with E-state index in [0.717, 1.165) is 24.8 Å². The van der Waals surface area contributed by atoms with E-state index in [-0.39, 0.29) is 11.6 Å². The van der Waals surface area contributed by atoms with Crippen molar-refractivity contribution in [1.29, 1.82) is 0 Å². The molecule has 1 unspecified atom stereocenters. The molecule has 106 valence electrons. The molecule has 1 saturated carbocycles. The number of halogens is 2. The lowest BCUT2D eigenvalue weighted by Gasteiger charge is -2.35. The molecule has 1 aliphatic rings. The summed E-state index contributed by atoms with van der Waals surface area (Å²) in [5.41, 5.74) is 7.30. The van der Waals surface area contributed by atoms with Crippen LogP contribution in [0.1, 0.15) is 38.2 Å². The summed E-state index contributed by atoms with van der Waals surface area (Å²) >= 11 is 12.1. The van der Waals surface area contributed by atoms with Gasteiger partial charge in [0.05, 0.1) is 5.60 Å². The van der Waals surface area contributed by atoms with Gasteiger partial charge in [-0.3, -0.25) is 0 Å². The molecule has 0 spiro atoms. The molecule has 0 aromatic heterocycles. The SMILES string of the molecule is CCOC1(C(N)Cc2ccc(Cl)cc2Cl)CCCC1. The Bertz CT molecular complexity index is 430. The molecule has 0 aliphatic heterocycles. The Balaban J connectivity index is 2.12. The fourth-order valence-corrected chi connectivity index (χ4v) is 3.48. The van der Waals surface area contributed by atoms with E-state index in [2.05, 4.69) is 0 Å². The second-order valence-electron chi connectivity index (χ2n) is 5.25. The van der Waals surface area contributed by atoms with E-state index in [4.69, 9.17) is 33.7 Å². The molecule has 4 heteroatoms. The molecule has 1 aromatic carbocycles. The van der Waals surface area contributed by atoms with Crippen molar-refractivity contribution in [2.75, 3.05) is 6.61 Å². The normalized spacial score (nSPS) is 19.6. The first-order chi connectivity index (χ1) is 9.07. The van der Waals surface area contributed by atoms with Gasteiger partial charge in [-0.15, -0.1) is 0 Å². The van der Waals surface area contributed by atoms with Crippen molar-refractivity contribution >= 4 is 23.2 Å². The smallest absolute Gasteiger partial charge is 0.0835 e. The lowest BCUT2D eigenvalue weighted by molar-refractivity contribution is -0.0524. The Morgan fingerprint density at radius 2 is 2.00 bits per heavy atom. The molecule has 0 amide bonds. The number of rotatable bonds is 5. The summed E-state index contributed by atoms with van der Waals surface area (Å²) in [4.78, 5) is 0. The fraction of sp³-hybridized carbons (Fsp3) is 0.600. The number of hydrogen-bond acceptors (Lipinski definition) is 2. The van der Waals surface area contributed by atoms with Gasteiger partial charge in [0.1, 0.15) is 0 Å². The summed E-state index contributed by atoms with van der Waals surface area (Å²) in [6.45, 7) is 2.74. The molecule has 0 heterocycles. The van der Waals surface area contributed by atoms with Crippen LogP contribution in [-0.4, -0.2) is 18.2 Å². The Labute approximate surface area is 125 Å².